The molecule has 0 aliphatic carbocycles. The first kappa shape index (κ1) is 22.7. The van der Waals surface area contributed by atoms with Gasteiger partial charge in [0.15, 0.2) is 6.29 Å². The molecule has 0 radical (unpaired) electrons. The molecule has 1 saturated heterocycles. The van der Waals surface area contributed by atoms with Gasteiger partial charge in [-0.25, -0.2) is 0 Å². The SMILES string of the molecule is CCCCCCCCNCC(O)CO[C@H]1O[C@H](CO)[C@H](O)[C@H](O)[C@H]1O. The van der Waals surface area contributed by atoms with E-state index in [1.807, 2.05) is 0 Å². The number of ether oxygens (including phenoxy) is 2. The molecule has 0 aromatic carbocycles. The molecule has 150 valence electrons. The summed E-state index contributed by atoms with van der Waals surface area (Å²) in [6.07, 6.45) is -0.0783. The molecule has 0 saturated carbocycles. The molecule has 8 nitrogen and oxygen atoms in total. The Balaban J connectivity index is 2.13. The van der Waals surface area contributed by atoms with Crippen LogP contribution in [-0.2, 0) is 9.47 Å². The molecule has 0 aromatic rings. The van der Waals surface area contributed by atoms with Crippen molar-refractivity contribution in [3.8, 4) is 0 Å². The lowest BCUT2D eigenvalue weighted by molar-refractivity contribution is -0.304. The summed E-state index contributed by atoms with van der Waals surface area (Å²) in [5, 5.41) is 51.3. The topological polar surface area (TPSA) is 132 Å². The van der Waals surface area contributed by atoms with E-state index in [1.165, 1.54) is 32.1 Å². The van der Waals surface area contributed by atoms with E-state index < -0.39 is 43.4 Å². The second kappa shape index (κ2) is 12.9. The number of nitrogens with one attached hydrogen (secondary N) is 1. The van der Waals surface area contributed by atoms with Gasteiger partial charge in [0.05, 0.1) is 19.3 Å². The summed E-state index contributed by atoms with van der Waals surface area (Å²) in [5.41, 5.74) is 0. The van der Waals surface area contributed by atoms with Crippen LogP contribution in [0.5, 0.6) is 0 Å². The molecule has 1 aliphatic heterocycles. The van der Waals surface area contributed by atoms with Crippen LogP contribution in [0.25, 0.3) is 0 Å². The summed E-state index contributed by atoms with van der Waals surface area (Å²) in [7, 11) is 0. The van der Waals surface area contributed by atoms with Gasteiger partial charge in [-0.1, -0.05) is 39.0 Å². The van der Waals surface area contributed by atoms with Crippen molar-refractivity contribution in [2.75, 3.05) is 26.3 Å². The van der Waals surface area contributed by atoms with Crippen molar-refractivity contribution in [2.45, 2.75) is 82.3 Å². The van der Waals surface area contributed by atoms with Crippen LogP contribution in [-0.4, -0.2) is 88.6 Å². The molecule has 8 heteroatoms. The summed E-state index contributed by atoms with van der Waals surface area (Å²) in [5.74, 6) is 0. The second-order valence-electron chi connectivity index (χ2n) is 6.66. The van der Waals surface area contributed by atoms with Crippen molar-refractivity contribution in [2.24, 2.45) is 0 Å². The number of rotatable bonds is 13. The number of aliphatic hydroxyl groups excluding tert-OH is 5. The fraction of sp³-hybridized carbons (Fsp3) is 1.00. The maximum atomic E-state index is 9.89. The molecular formula is C17H35NO7. The lowest BCUT2D eigenvalue weighted by atomic mass is 9.99. The fourth-order valence-electron chi connectivity index (χ4n) is 2.77. The Morgan fingerprint density at radius 3 is 2.36 bits per heavy atom. The largest absolute Gasteiger partial charge is 0.394 e. The lowest BCUT2D eigenvalue weighted by Gasteiger charge is -2.39. The average Bonchev–Trinajstić information content (AvgIpc) is 2.61. The first-order valence-corrected chi connectivity index (χ1v) is 9.32. The maximum Gasteiger partial charge on any atom is 0.186 e. The summed E-state index contributed by atoms with van der Waals surface area (Å²) >= 11 is 0. The highest BCUT2D eigenvalue weighted by molar-refractivity contribution is 4.88. The van der Waals surface area contributed by atoms with Crippen LogP contribution in [0, 0.1) is 0 Å². The maximum absolute atomic E-state index is 9.89. The molecule has 0 aromatic heterocycles. The molecule has 6 atom stereocenters. The van der Waals surface area contributed by atoms with E-state index in [4.69, 9.17) is 14.6 Å². The first-order valence-electron chi connectivity index (χ1n) is 9.32. The van der Waals surface area contributed by atoms with E-state index in [0.717, 1.165) is 13.0 Å². The fourth-order valence-corrected chi connectivity index (χ4v) is 2.77. The quantitative estimate of drug-likeness (QED) is 0.232. The Hall–Kier alpha value is -0.320. The smallest absolute Gasteiger partial charge is 0.186 e. The van der Waals surface area contributed by atoms with Crippen LogP contribution in [0.4, 0.5) is 0 Å². The lowest BCUT2D eigenvalue weighted by Crippen LogP contribution is -2.59. The monoisotopic (exact) mass is 365 g/mol. The van der Waals surface area contributed by atoms with Crippen LogP contribution in [0.3, 0.4) is 0 Å². The summed E-state index contributed by atoms with van der Waals surface area (Å²) in [6, 6.07) is 0. The Morgan fingerprint density at radius 2 is 1.68 bits per heavy atom. The minimum atomic E-state index is -1.47. The number of aliphatic hydroxyl groups is 5. The third-order valence-electron chi connectivity index (χ3n) is 4.39. The van der Waals surface area contributed by atoms with E-state index in [1.54, 1.807) is 0 Å². The molecule has 1 rings (SSSR count). The van der Waals surface area contributed by atoms with Crippen LogP contribution >= 0.6 is 0 Å². The van der Waals surface area contributed by atoms with Gasteiger partial charge in [0, 0.05) is 6.54 Å². The summed E-state index contributed by atoms with van der Waals surface area (Å²) in [6.45, 7) is 2.77. The average molecular weight is 365 g/mol. The van der Waals surface area contributed by atoms with E-state index in [2.05, 4.69) is 12.2 Å². The number of hydrogen-bond donors (Lipinski definition) is 6. The van der Waals surface area contributed by atoms with Gasteiger partial charge in [-0.2, -0.15) is 0 Å². The van der Waals surface area contributed by atoms with Gasteiger partial charge in [0.1, 0.15) is 24.4 Å². The molecule has 0 spiro atoms. The predicted molar refractivity (Wildman–Crippen MR) is 92.0 cm³/mol. The van der Waals surface area contributed by atoms with E-state index >= 15 is 0 Å². The third-order valence-corrected chi connectivity index (χ3v) is 4.39. The van der Waals surface area contributed by atoms with E-state index in [9.17, 15) is 20.4 Å². The Morgan fingerprint density at radius 1 is 1.00 bits per heavy atom. The van der Waals surface area contributed by atoms with Gasteiger partial charge in [0.25, 0.3) is 0 Å². The zero-order valence-corrected chi connectivity index (χ0v) is 15.1. The first-order chi connectivity index (χ1) is 12.0. The summed E-state index contributed by atoms with van der Waals surface area (Å²) < 4.78 is 10.5. The van der Waals surface area contributed by atoms with Crippen molar-refractivity contribution < 1.29 is 35.0 Å². The Labute approximate surface area is 149 Å². The van der Waals surface area contributed by atoms with Gasteiger partial charge in [0.2, 0.25) is 0 Å². The Bertz CT molecular complexity index is 332. The van der Waals surface area contributed by atoms with E-state index in [0.29, 0.717) is 6.54 Å². The molecule has 25 heavy (non-hydrogen) atoms. The van der Waals surface area contributed by atoms with Crippen molar-refractivity contribution in [3.05, 3.63) is 0 Å². The molecule has 1 heterocycles. The molecule has 6 N–H and O–H groups in total. The zero-order chi connectivity index (χ0) is 18.7. The van der Waals surface area contributed by atoms with Crippen molar-refractivity contribution in [1.82, 2.24) is 5.32 Å². The van der Waals surface area contributed by atoms with Gasteiger partial charge >= 0.3 is 0 Å². The van der Waals surface area contributed by atoms with Crippen molar-refractivity contribution in [1.29, 1.82) is 0 Å². The highest BCUT2D eigenvalue weighted by Gasteiger charge is 2.44. The molecule has 1 unspecified atom stereocenters. The van der Waals surface area contributed by atoms with E-state index in [-0.39, 0.29) is 6.61 Å². The minimum absolute atomic E-state index is 0.0911. The van der Waals surface area contributed by atoms with Crippen molar-refractivity contribution >= 4 is 0 Å². The molecule has 0 bridgehead atoms. The standard InChI is InChI=1S/C17H35NO7/c1-2-3-4-5-6-7-8-18-9-12(20)11-24-17-16(23)15(22)14(21)13(10-19)25-17/h12-23H,2-11H2,1H3/t12?,13-,14+,15+,16-,17+/m1/s1. The third kappa shape index (κ3) is 8.27. The number of unbranched alkanes of at least 4 members (excludes halogenated alkanes) is 5. The Kier molecular flexibility index (Phi) is 11.8. The van der Waals surface area contributed by atoms with Gasteiger partial charge < -0.3 is 40.3 Å². The molecular weight excluding hydrogens is 330 g/mol. The highest BCUT2D eigenvalue weighted by Crippen LogP contribution is 2.21. The van der Waals surface area contributed by atoms with Gasteiger partial charge in [-0.3, -0.25) is 0 Å². The second-order valence-corrected chi connectivity index (χ2v) is 6.66. The van der Waals surface area contributed by atoms with Crippen LogP contribution < -0.4 is 5.32 Å². The van der Waals surface area contributed by atoms with Gasteiger partial charge in [-0.05, 0) is 13.0 Å². The normalized spacial score (nSPS) is 31.2. The van der Waals surface area contributed by atoms with Crippen molar-refractivity contribution in [3.63, 3.8) is 0 Å². The van der Waals surface area contributed by atoms with Crippen LogP contribution in [0.15, 0.2) is 0 Å². The van der Waals surface area contributed by atoms with Crippen LogP contribution in [0.1, 0.15) is 45.4 Å². The highest BCUT2D eigenvalue weighted by atomic mass is 16.7. The minimum Gasteiger partial charge on any atom is -0.394 e. The number of hydrogen-bond acceptors (Lipinski definition) is 8. The zero-order valence-electron chi connectivity index (χ0n) is 15.1. The molecule has 0 amide bonds. The molecule has 1 aliphatic rings. The van der Waals surface area contributed by atoms with Gasteiger partial charge in [-0.15, -0.1) is 0 Å². The molecule has 1 fully saturated rings. The van der Waals surface area contributed by atoms with Crippen LogP contribution in [0.2, 0.25) is 0 Å². The summed E-state index contributed by atoms with van der Waals surface area (Å²) in [4.78, 5) is 0. The predicted octanol–water partition coefficient (Wildman–Crippen LogP) is -0.886.